The van der Waals surface area contributed by atoms with E-state index in [-0.39, 0.29) is 36.9 Å². The van der Waals surface area contributed by atoms with Gasteiger partial charge in [0.05, 0.1) is 17.4 Å². The van der Waals surface area contributed by atoms with Gasteiger partial charge in [0, 0.05) is 25.2 Å². The number of aromatic nitrogens is 2. The fourth-order valence-electron chi connectivity index (χ4n) is 5.15. The summed E-state index contributed by atoms with van der Waals surface area (Å²) in [5.74, 6) is 0.494. The zero-order valence-corrected chi connectivity index (χ0v) is 22.9. The lowest BCUT2D eigenvalue weighted by atomic mass is 9.87. The Balaban J connectivity index is 1.41. The number of carbonyl (C=O) groups is 2. The minimum absolute atomic E-state index is 0.102. The standard InChI is InChI=1S/C29H32F3N5O3/c1-16-34-26(40-36-16)23-13-22(23)25(38)33-14-18-8-9-20(17-6-5-7-19(12-17)29(30,31)32)21-10-11-37(15-24(18)21)27(39)35-28(2,3)4/h5-9,12,22-23H,10-11,13-15H2,1-4H3,(H,33,38)(H,35,39)/t22-,23-/m0/s1. The van der Waals surface area contributed by atoms with Gasteiger partial charge in [0.2, 0.25) is 11.8 Å². The molecule has 2 atom stereocenters. The minimum atomic E-state index is -4.46. The van der Waals surface area contributed by atoms with Crippen LogP contribution in [-0.2, 0) is 30.5 Å². The summed E-state index contributed by atoms with van der Waals surface area (Å²) in [6.45, 7) is 8.35. The Labute approximate surface area is 230 Å². The molecule has 2 heterocycles. The molecule has 1 aliphatic heterocycles. The van der Waals surface area contributed by atoms with Gasteiger partial charge in [0.1, 0.15) is 0 Å². The first-order valence-electron chi connectivity index (χ1n) is 13.3. The third-order valence-corrected chi connectivity index (χ3v) is 7.22. The average molecular weight is 556 g/mol. The number of halogens is 3. The van der Waals surface area contributed by atoms with E-state index < -0.39 is 17.3 Å². The number of nitrogens with one attached hydrogen (secondary N) is 2. The number of rotatable bonds is 5. The number of fused-ring (bicyclic) bond motifs is 1. The van der Waals surface area contributed by atoms with Crippen LogP contribution in [0.4, 0.5) is 18.0 Å². The third kappa shape index (κ3) is 5.97. The molecular formula is C29H32F3N5O3. The zero-order valence-electron chi connectivity index (χ0n) is 22.9. The molecule has 3 amide bonds. The highest BCUT2D eigenvalue weighted by Gasteiger charge is 2.47. The maximum atomic E-state index is 13.4. The van der Waals surface area contributed by atoms with Crippen LogP contribution >= 0.6 is 0 Å². The van der Waals surface area contributed by atoms with Crippen molar-refractivity contribution in [1.82, 2.24) is 25.7 Å². The number of alkyl halides is 3. The minimum Gasteiger partial charge on any atom is -0.352 e. The van der Waals surface area contributed by atoms with E-state index in [4.69, 9.17) is 4.52 Å². The largest absolute Gasteiger partial charge is 0.416 e. The second-order valence-electron chi connectivity index (χ2n) is 11.5. The normalized spacial score (nSPS) is 18.7. The molecule has 1 fully saturated rings. The van der Waals surface area contributed by atoms with Gasteiger partial charge in [0.25, 0.3) is 0 Å². The van der Waals surface area contributed by atoms with Crippen LogP contribution in [0.1, 0.15) is 67.1 Å². The molecule has 11 heteroatoms. The van der Waals surface area contributed by atoms with Gasteiger partial charge in [-0.1, -0.05) is 29.4 Å². The molecule has 2 aromatic carbocycles. The number of urea groups is 1. The van der Waals surface area contributed by atoms with Gasteiger partial charge in [-0.2, -0.15) is 18.2 Å². The first kappa shape index (κ1) is 27.7. The first-order valence-corrected chi connectivity index (χ1v) is 13.3. The van der Waals surface area contributed by atoms with E-state index in [0.29, 0.717) is 42.2 Å². The van der Waals surface area contributed by atoms with Gasteiger partial charge in [0.15, 0.2) is 5.82 Å². The zero-order chi connectivity index (χ0) is 28.8. The van der Waals surface area contributed by atoms with Crippen molar-refractivity contribution in [1.29, 1.82) is 0 Å². The summed E-state index contributed by atoms with van der Waals surface area (Å²) in [4.78, 5) is 31.8. The maximum absolute atomic E-state index is 13.4. The molecule has 40 heavy (non-hydrogen) atoms. The van der Waals surface area contributed by atoms with Crippen molar-refractivity contribution in [2.24, 2.45) is 5.92 Å². The number of amides is 3. The van der Waals surface area contributed by atoms with Crippen molar-refractivity contribution in [2.45, 2.75) is 71.3 Å². The molecule has 0 unspecified atom stereocenters. The number of carbonyl (C=O) groups excluding carboxylic acids is 2. The summed E-state index contributed by atoms with van der Waals surface area (Å²) in [7, 11) is 0. The quantitative estimate of drug-likeness (QED) is 0.442. The average Bonchev–Trinajstić information content (AvgIpc) is 3.58. The molecule has 1 saturated carbocycles. The number of nitrogens with zero attached hydrogens (tertiary/aromatic N) is 3. The molecule has 0 bridgehead atoms. The SMILES string of the molecule is Cc1noc([C@H]2C[C@@H]2C(=O)NCc2ccc(-c3cccc(C(F)(F)F)c3)c3c2CN(C(=O)NC(C)(C)C)CC3)n1. The Bertz CT molecular complexity index is 1440. The topological polar surface area (TPSA) is 100 Å². The van der Waals surface area contributed by atoms with Gasteiger partial charge in [-0.15, -0.1) is 0 Å². The van der Waals surface area contributed by atoms with Gasteiger partial charge >= 0.3 is 12.2 Å². The van der Waals surface area contributed by atoms with E-state index in [1.165, 1.54) is 6.07 Å². The lowest BCUT2D eigenvalue weighted by Crippen LogP contribution is -2.50. The molecule has 212 valence electrons. The van der Waals surface area contributed by atoms with E-state index >= 15 is 0 Å². The monoisotopic (exact) mass is 555 g/mol. The number of hydrogen-bond acceptors (Lipinski definition) is 5. The number of benzene rings is 2. The molecule has 2 aliphatic rings. The van der Waals surface area contributed by atoms with Crippen molar-refractivity contribution in [3.8, 4) is 11.1 Å². The Hall–Kier alpha value is -3.89. The van der Waals surface area contributed by atoms with Gasteiger partial charge in [-0.3, -0.25) is 4.79 Å². The Morgan fingerprint density at radius 3 is 2.58 bits per heavy atom. The first-order chi connectivity index (χ1) is 18.8. The van der Waals surface area contributed by atoms with Gasteiger partial charge in [-0.05, 0) is 80.5 Å². The predicted octanol–water partition coefficient (Wildman–Crippen LogP) is 5.35. The second kappa shape index (κ2) is 10.3. The Morgan fingerprint density at radius 2 is 1.90 bits per heavy atom. The predicted molar refractivity (Wildman–Crippen MR) is 141 cm³/mol. The Morgan fingerprint density at radius 1 is 1.12 bits per heavy atom. The van der Waals surface area contributed by atoms with E-state index in [0.717, 1.165) is 28.8 Å². The van der Waals surface area contributed by atoms with Crippen molar-refractivity contribution < 1.29 is 27.3 Å². The third-order valence-electron chi connectivity index (χ3n) is 7.22. The highest BCUT2D eigenvalue weighted by Crippen LogP contribution is 2.47. The van der Waals surface area contributed by atoms with Crippen LogP contribution in [0.25, 0.3) is 11.1 Å². The molecule has 2 N–H and O–H groups in total. The molecule has 0 saturated heterocycles. The van der Waals surface area contributed by atoms with Crippen molar-refractivity contribution in [3.05, 3.63) is 70.4 Å². The summed E-state index contributed by atoms with van der Waals surface area (Å²) in [5.41, 5.74) is 2.56. The van der Waals surface area contributed by atoms with Crippen LogP contribution in [0.15, 0.2) is 40.9 Å². The molecule has 1 aliphatic carbocycles. The van der Waals surface area contributed by atoms with Crippen LogP contribution in [0.5, 0.6) is 0 Å². The van der Waals surface area contributed by atoms with Crippen molar-refractivity contribution in [2.75, 3.05) is 6.54 Å². The molecular weight excluding hydrogens is 523 g/mol. The van der Waals surface area contributed by atoms with Crippen molar-refractivity contribution >= 4 is 11.9 Å². The highest BCUT2D eigenvalue weighted by molar-refractivity contribution is 5.83. The summed E-state index contributed by atoms with van der Waals surface area (Å²) < 4.78 is 45.5. The molecule has 8 nitrogen and oxygen atoms in total. The van der Waals surface area contributed by atoms with Crippen LogP contribution in [0.2, 0.25) is 0 Å². The maximum Gasteiger partial charge on any atom is 0.416 e. The summed E-state index contributed by atoms with van der Waals surface area (Å²) in [5, 5.41) is 9.76. The molecule has 0 radical (unpaired) electrons. The fraction of sp³-hybridized carbons (Fsp3) is 0.448. The van der Waals surface area contributed by atoms with E-state index in [1.807, 2.05) is 32.9 Å². The number of hydrogen-bond donors (Lipinski definition) is 2. The summed E-state index contributed by atoms with van der Waals surface area (Å²) in [6, 6.07) is 8.70. The van der Waals surface area contributed by atoms with Gasteiger partial charge < -0.3 is 20.1 Å². The smallest absolute Gasteiger partial charge is 0.352 e. The van der Waals surface area contributed by atoms with Crippen LogP contribution < -0.4 is 10.6 Å². The van der Waals surface area contributed by atoms with Crippen LogP contribution in [-0.4, -0.2) is 39.1 Å². The van der Waals surface area contributed by atoms with E-state index in [1.54, 1.807) is 17.9 Å². The molecule has 5 rings (SSSR count). The fourth-order valence-corrected chi connectivity index (χ4v) is 5.15. The van der Waals surface area contributed by atoms with Crippen LogP contribution in [0.3, 0.4) is 0 Å². The van der Waals surface area contributed by atoms with Crippen LogP contribution in [0, 0.1) is 12.8 Å². The summed E-state index contributed by atoms with van der Waals surface area (Å²) >= 11 is 0. The molecule has 1 aromatic heterocycles. The Kier molecular flexibility index (Phi) is 7.09. The van der Waals surface area contributed by atoms with E-state index in [2.05, 4.69) is 20.8 Å². The molecule has 0 spiro atoms. The lowest BCUT2D eigenvalue weighted by molar-refractivity contribution is -0.137. The highest BCUT2D eigenvalue weighted by atomic mass is 19.4. The second-order valence-corrected chi connectivity index (χ2v) is 11.5. The molecule has 3 aromatic rings. The van der Waals surface area contributed by atoms with Crippen molar-refractivity contribution in [3.63, 3.8) is 0 Å². The van der Waals surface area contributed by atoms with Gasteiger partial charge in [-0.25, -0.2) is 4.79 Å². The number of aryl methyl sites for hydroxylation is 1. The summed E-state index contributed by atoms with van der Waals surface area (Å²) in [6.07, 6.45) is -3.36. The van der Waals surface area contributed by atoms with E-state index in [9.17, 15) is 22.8 Å². The lowest BCUT2D eigenvalue weighted by Gasteiger charge is -2.34.